The molecule has 7 nitrogen and oxygen atoms in total. The Morgan fingerprint density at radius 2 is 2.16 bits per heavy atom. The van der Waals surface area contributed by atoms with E-state index in [4.69, 9.17) is 10.4 Å². The monoisotopic (exact) mass is 289 g/mol. The highest BCUT2D eigenvalue weighted by Crippen LogP contribution is 2.19. The molecule has 19 heavy (non-hydrogen) atoms. The Kier molecular flexibility index (Phi) is 6.21. The summed E-state index contributed by atoms with van der Waals surface area (Å²) in [5.41, 5.74) is 0. The van der Waals surface area contributed by atoms with E-state index in [1.807, 2.05) is 6.07 Å². The van der Waals surface area contributed by atoms with Crippen molar-refractivity contribution < 1.29 is 18.3 Å². The fourth-order valence-corrected chi connectivity index (χ4v) is 3.52. The fourth-order valence-electron chi connectivity index (χ4n) is 2.05. The number of nitriles is 1. The van der Waals surface area contributed by atoms with Crippen molar-refractivity contribution in [2.75, 3.05) is 13.1 Å². The number of rotatable bonds is 7. The molecule has 0 aliphatic carbocycles. The minimum absolute atomic E-state index is 0.229. The second-order valence-corrected chi connectivity index (χ2v) is 6.18. The van der Waals surface area contributed by atoms with Crippen molar-refractivity contribution in [1.82, 2.24) is 9.03 Å². The van der Waals surface area contributed by atoms with Crippen LogP contribution in [0.25, 0.3) is 0 Å². The molecule has 0 radical (unpaired) electrons. The highest BCUT2D eigenvalue weighted by atomic mass is 32.2. The van der Waals surface area contributed by atoms with Gasteiger partial charge in [0.25, 0.3) is 10.2 Å². The highest BCUT2D eigenvalue weighted by molar-refractivity contribution is 7.87. The van der Waals surface area contributed by atoms with Gasteiger partial charge in [-0.05, 0) is 32.1 Å². The Morgan fingerprint density at radius 1 is 1.42 bits per heavy atom. The Balaban J connectivity index is 2.54. The topological polar surface area (TPSA) is 111 Å². The first-order chi connectivity index (χ1) is 8.99. The number of nitrogens with zero attached hydrogens (tertiary/aromatic N) is 2. The third kappa shape index (κ3) is 4.78. The zero-order valence-corrected chi connectivity index (χ0v) is 11.5. The van der Waals surface area contributed by atoms with Gasteiger partial charge in [-0.25, -0.2) is 4.72 Å². The predicted molar refractivity (Wildman–Crippen MR) is 68.4 cm³/mol. The normalized spacial score (nSPS) is 20.9. The molecule has 0 aromatic carbocycles. The standard InChI is InChI=1S/C11H19N3O4S/c12-7-3-1-4-8-13-19(17,18)14-9-5-2-6-10(14)11(15)16/h10,13H,1-6,8-9H2,(H,15,16). The number of carbonyl (C=O) groups is 1. The van der Waals surface area contributed by atoms with Crippen LogP contribution in [0.1, 0.15) is 38.5 Å². The highest BCUT2D eigenvalue weighted by Gasteiger charge is 2.36. The Morgan fingerprint density at radius 3 is 2.79 bits per heavy atom. The van der Waals surface area contributed by atoms with Gasteiger partial charge in [0.15, 0.2) is 0 Å². The summed E-state index contributed by atoms with van der Waals surface area (Å²) >= 11 is 0. The number of aliphatic carboxylic acids is 1. The number of hydrogen-bond donors (Lipinski definition) is 2. The van der Waals surface area contributed by atoms with E-state index in [2.05, 4.69) is 4.72 Å². The van der Waals surface area contributed by atoms with Crippen molar-refractivity contribution in [2.24, 2.45) is 0 Å². The third-order valence-electron chi connectivity index (χ3n) is 3.05. The average molecular weight is 289 g/mol. The predicted octanol–water partition coefficient (Wildman–Crippen LogP) is 0.454. The summed E-state index contributed by atoms with van der Waals surface area (Å²) in [6.07, 6.45) is 3.35. The van der Waals surface area contributed by atoms with Crippen LogP contribution in [0, 0.1) is 11.3 Å². The number of nitrogens with one attached hydrogen (secondary N) is 1. The van der Waals surface area contributed by atoms with Crippen LogP contribution in [0.4, 0.5) is 0 Å². The van der Waals surface area contributed by atoms with Crippen LogP contribution >= 0.6 is 0 Å². The second kappa shape index (κ2) is 7.43. The molecule has 0 aromatic heterocycles. The molecule has 8 heteroatoms. The molecule has 0 aromatic rings. The summed E-state index contributed by atoms with van der Waals surface area (Å²) in [6, 6.07) is 1.02. The molecule has 0 amide bonds. The molecule has 1 aliphatic rings. The smallest absolute Gasteiger partial charge is 0.322 e. The van der Waals surface area contributed by atoms with Gasteiger partial charge in [0, 0.05) is 19.5 Å². The summed E-state index contributed by atoms with van der Waals surface area (Å²) < 4.78 is 27.5. The lowest BCUT2D eigenvalue weighted by atomic mass is 10.1. The molecular formula is C11H19N3O4S. The van der Waals surface area contributed by atoms with Crippen LogP contribution in [0.5, 0.6) is 0 Å². The van der Waals surface area contributed by atoms with E-state index in [9.17, 15) is 13.2 Å². The molecule has 1 fully saturated rings. The molecule has 1 heterocycles. The number of hydrogen-bond acceptors (Lipinski definition) is 4. The molecule has 0 bridgehead atoms. The lowest BCUT2D eigenvalue weighted by Crippen LogP contribution is -2.52. The van der Waals surface area contributed by atoms with Crippen LogP contribution in [0.2, 0.25) is 0 Å². The Bertz CT molecular complexity index is 443. The van der Waals surface area contributed by atoms with Crippen molar-refractivity contribution in [2.45, 2.75) is 44.6 Å². The molecule has 1 atom stereocenters. The first-order valence-electron chi connectivity index (χ1n) is 6.35. The van der Waals surface area contributed by atoms with E-state index in [-0.39, 0.29) is 13.1 Å². The van der Waals surface area contributed by atoms with E-state index in [0.717, 1.165) is 10.7 Å². The van der Waals surface area contributed by atoms with E-state index >= 15 is 0 Å². The lowest BCUT2D eigenvalue weighted by Gasteiger charge is -2.31. The first-order valence-corrected chi connectivity index (χ1v) is 7.79. The van der Waals surface area contributed by atoms with Crippen LogP contribution in [-0.2, 0) is 15.0 Å². The Labute approximate surface area is 113 Å². The van der Waals surface area contributed by atoms with Gasteiger partial charge in [0.05, 0.1) is 6.07 Å². The lowest BCUT2D eigenvalue weighted by molar-refractivity contribution is -0.142. The van der Waals surface area contributed by atoms with Crippen molar-refractivity contribution in [1.29, 1.82) is 5.26 Å². The van der Waals surface area contributed by atoms with Crippen LogP contribution in [-0.4, -0.2) is 42.9 Å². The summed E-state index contributed by atoms with van der Waals surface area (Å²) in [5.74, 6) is -1.10. The van der Waals surface area contributed by atoms with Gasteiger partial charge in [-0.2, -0.15) is 18.0 Å². The van der Waals surface area contributed by atoms with E-state index < -0.39 is 22.2 Å². The molecule has 2 N–H and O–H groups in total. The van der Waals surface area contributed by atoms with Crippen LogP contribution in [0.15, 0.2) is 0 Å². The number of carboxylic acid groups (broad SMARTS) is 1. The number of unbranched alkanes of at least 4 members (excludes halogenated alkanes) is 2. The molecule has 0 saturated carbocycles. The summed E-state index contributed by atoms with van der Waals surface area (Å²) in [4.78, 5) is 11.1. The third-order valence-corrected chi connectivity index (χ3v) is 4.67. The van der Waals surface area contributed by atoms with Gasteiger partial charge < -0.3 is 5.11 Å². The van der Waals surface area contributed by atoms with E-state index in [0.29, 0.717) is 32.1 Å². The molecule has 1 rings (SSSR count). The van der Waals surface area contributed by atoms with Crippen molar-refractivity contribution in [3.63, 3.8) is 0 Å². The first kappa shape index (κ1) is 15.9. The van der Waals surface area contributed by atoms with Crippen molar-refractivity contribution in [3.8, 4) is 6.07 Å². The maximum absolute atomic E-state index is 12.0. The van der Waals surface area contributed by atoms with Gasteiger partial charge >= 0.3 is 5.97 Å². The van der Waals surface area contributed by atoms with Gasteiger partial charge in [0.1, 0.15) is 6.04 Å². The van der Waals surface area contributed by atoms with E-state index in [1.54, 1.807) is 0 Å². The zero-order chi connectivity index (χ0) is 14.3. The molecule has 1 unspecified atom stereocenters. The van der Waals surface area contributed by atoms with Crippen LogP contribution < -0.4 is 4.72 Å². The van der Waals surface area contributed by atoms with E-state index in [1.165, 1.54) is 0 Å². The maximum atomic E-state index is 12.0. The quantitative estimate of drug-likeness (QED) is 0.661. The van der Waals surface area contributed by atoms with Crippen LogP contribution in [0.3, 0.4) is 0 Å². The Hall–Kier alpha value is -1.17. The minimum atomic E-state index is -3.75. The average Bonchev–Trinajstić information content (AvgIpc) is 2.38. The molecule has 1 saturated heterocycles. The fraction of sp³-hybridized carbons (Fsp3) is 0.818. The minimum Gasteiger partial charge on any atom is -0.480 e. The molecule has 0 spiro atoms. The van der Waals surface area contributed by atoms with Crippen molar-refractivity contribution >= 4 is 16.2 Å². The van der Waals surface area contributed by atoms with Gasteiger partial charge in [-0.15, -0.1) is 0 Å². The largest absolute Gasteiger partial charge is 0.480 e. The second-order valence-electron chi connectivity index (χ2n) is 4.48. The maximum Gasteiger partial charge on any atom is 0.322 e. The van der Waals surface area contributed by atoms with Gasteiger partial charge in [-0.3, -0.25) is 4.79 Å². The molecule has 1 aliphatic heterocycles. The molecule has 108 valence electrons. The summed E-state index contributed by atoms with van der Waals surface area (Å²) in [7, 11) is -3.75. The van der Waals surface area contributed by atoms with Crippen molar-refractivity contribution in [3.05, 3.63) is 0 Å². The summed E-state index contributed by atoms with van der Waals surface area (Å²) in [5, 5.41) is 17.4. The summed E-state index contributed by atoms with van der Waals surface area (Å²) in [6.45, 7) is 0.470. The van der Waals surface area contributed by atoms with Gasteiger partial charge in [-0.1, -0.05) is 0 Å². The molecular weight excluding hydrogens is 270 g/mol. The SMILES string of the molecule is N#CCCCCNS(=O)(=O)N1CCCCC1C(=O)O. The van der Waals surface area contributed by atoms with Gasteiger partial charge in [0.2, 0.25) is 0 Å². The number of carboxylic acids is 1. The zero-order valence-electron chi connectivity index (χ0n) is 10.7. The number of piperidine rings is 1.